The summed E-state index contributed by atoms with van der Waals surface area (Å²) < 4.78 is 0. The Kier molecular flexibility index (Phi) is 1.85. The molecule has 0 amide bonds. The number of hydrogen-bond acceptors (Lipinski definition) is 2. The van der Waals surface area contributed by atoms with E-state index in [4.69, 9.17) is 11.6 Å². The molecule has 1 saturated carbocycles. The highest BCUT2D eigenvalue weighted by molar-refractivity contribution is 6.64. The zero-order valence-electron chi connectivity index (χ0n) is 6.40. The maximum atomic E-state index is 10.7. The lowest BCUT2D eigenvalue weighted by Crippen LogP contribution is -1.91. The first kappa shape index (κ1) is 7.74. The van der Waals surface area contributed by atoms with E-state index in [9.17, 15) is 4.79 Å². The summed E-state index contributed by atoms with van der Waals surface area (Å²) in [6.45, 7) is 0. The number of carbonyl (C=O) groups excluding carboxylic acids is 1. The van der Waals surface area contributed by atoms with Crippen LogP contribution >= 0.6 is 11.6 Å². The molecular formula is C9H8ClNO. The summed E-state index contributed by atoms with van der Waals surface area (Å²) in [6.07, 6.45) is 4.37. The predicted octanol–water partition coefficient (Wildman–Crippen LogP) is 1.95. The lowest BCUT2D eigenvalue weighted by atomic mass is 10.1. The van der Waals surface area contributed by atoms with Crippen molar-refractivity contribution in [2.75, 3.05) is 0 Å². The molecule has 2 unspecified atom stereocenters. The molecular weight excluding hydrogens is 174 g/mol. The second-order valence-corrected chi connectivity index (χ2v) is 3.41. The van der Waals surface area contributed by atoms with E-state index in [0.717, 1.165) is 6.42 Å². The van der Waals surface area contributed by atoms with Gasteiger partial charge in [0.15, 0.2) is 0 Å². The third-order valence-electron chi connectivity index (χ3n) is 2.22. The first-order valence-corrected chi connectivity index (χ1v) is 4.26. The molecule has 1 aliphatic carbocycles. The first-order valence-electron chi connectivity index (χ1n) is 3.88. The van der Waals surface area contributed by atoms with E-state index in [1.807, 2.05) is 12.1 Å². The smallest absolute Gasteiger partial charge is 0.225 e. The van der Waals surface area contributed by atoms with Crippen molar-refractivity contribution in [2.45, 2.75) is 12.3 Å². The summed E-state index contributed by atoms with van der Waals surface area (Å²) in [5, 5.41) is -0.211. The van der Waals surface area contributed by atoms with Crippen LogP contribution in [0.3, 0.4) is 0 Å². The van der Waals surface area contributed by atoms with Crippen LogP contribution in [0.5, 0.6) is 0 Å². The fraction of sp³-hybridized carbons (Fsp3) is 0.333. The molecule has 0 spiro atoms. The van der Waals surface area contributed by atoms with Gasteiger partial charge in [0.25, 0.3) is 0 Å². The minimum Gasteiger partial charge on any atom is -0.281 e. The quantitative estimate of drug-likeness (QED) is 0.653. The van der Waals surface area contributed by atoms with Crippen LogP contribution in [0, 0.1) is 5.92 Å². The van der Waals surface area contributed by atoms with E-state index < -0.39 is 0 Å². The summed E-state index contributed by atoms with van der Waals surface area (Å²) in [5.41, 5.74) is 1.17. The molecule has 62 valence electrons. The standard InChI is InChI=1S/C9H8ClNO/c10-9(12)8-5-7(8)6-1-3-11-4-2-6/h1-4,7-8H,5H2. The van der Waals surface area contributed by atoms with Crippen LogP contribution in [0.25, 0.3) is 0 Å². The van der Waals surface area contributed by atoms with Gasteiger partial charge in [-0.05, 0) is 41.6 Å². The Morgan fingerprint density at radius 3 is 2.67 bits per heavy atom. The van der Waals surface area contributed by atoms with E-state index in [-0.39, 0.29) is 11.2 Å². The first-order chi connectivity index (χ1) is 5.79. The molecule has 0 radical (unpaired) electrons. The molecule has 0 aliphatic heterocycles. The maximum absolute atomic E-state index is 10.7. The third-order valence-corrected chi connectivity index (χ3v) is 2.50. The molecule has 1 aromatic rings. The monoisotopic (exact) mass is 181 g/mol. The Bertz CT molecular complexity index is 299. The molecule has 3 heteroatoms. The van der Waals surface area contributed by atoms with Crippen molar-refractivity contribution in [2.24, 2.45) is 5.92 Å². The van der Waals surface area contributed by atoms with E-state index in [2.05, 4.69) is 4.98 Å². The number of pyridine rings is 1. The second kappa shape index (κ2) is 2.87. The highest BCUT2D eigenvalue weighted by Crippen LogP contribution is 2.48. The van der Waals surface area contributed by atoms with Gasteiger partial charge >= 0.3 is 0 Å². The van der Waals surface area contributed by atoms with Gasteiger partial charge in [0.2, 0.25) is 5.24 Å². The Balaban J connectivity index is 2.11. The van der Waals surface area contributed by atoms with E-state index in [1.54, 1.807) is 12.4 Å². The van der Waals surface area contributed by atoms with E-state index in [0.29, 0.717) is 5.92 Å². The van der Waals surface area contributed by atoms with Gasteiger partial charge in [0.1, 0.15) is 0 Å². The van der Waals surface area contributed by atoms with Crippen LogP contribution in [0.4, 0.5) is 0 Å². The topological polar surface area (TPSA) is 30.0 Å². The lowest BCUT2D eigenvalue weighted by Gasteiger charge is -1.94. The summed E-state index contributed by atoms with van der Waals surface area (Å²) in [4.78, 5) is 14.6. The van der Waals surface area contributed by atoms with Crippen molar-refractivity contribution in [3.8, 4) is 0 Å². The molecule has 1 heterocycles. The maximum Gasteiger partial charge on any atom is 0.225 e. The molecule has 2 nitrogen and oxygen atoms in total. The van der Waals surface area contributed by atoms with Crippen LogP contribution < -0.4 is 0 Å². The van der Waals surface area contributed by atoms with Gasteiger partial charge in [-0.3, -0.25) is 9.78 Å². The third kappa shape index (κ3) is 1.34. The fourth-order valence-corrected chi connectivity index (χ4v) is 1.67. The fourth-order valence-electron chi connectivity index (χ4n) is 1.42. The van der Waals surface area contributed by atoms with Gasteiger partial charge in [-0.2, -0.15) is 0 Å². The lowest BCUT2D eigenvalue weighted by molar-refractivity contribution is -0.112. The average Bonchev–Trinajstić information content (AvgIpc) is 2.84. The summed E-state index contributed by atoms with van der Waals surface area (Å²) >= 11 is 5.37. The van der Waals surface area contributed by atoms with Gasteiger partial charge < -0.3 is 0 Å². The van der Waals surface area contributed by atoms with Crippen molar-refractivity contribution in [3.05, 3.63) is 30.1 Å². The molecule has 0 saturated heterocycles. The van der Waals surface area contributed by atoms with E-state index >= 15 is 0 Å². The number of halogens is 1. The minimum absolute atomic E-state index is 0.0501. The highest BCUT2D eigenvalue weighted by atomic mass is 35.5. The summed E-state index contributed by atoms with van der Waals surface area (Å²) in [6, 6.07) is 3.87. The van der Waals surface area contributed by atoms with Crippen molar-refractivity contribution in [3.63, 3.8) is 0 Å². The number of nitrogens with zero attached hydrogens (tertiary/aromatic N) is 1. The largest absolute Gasteiger partial charge is 0.281 e. The zero-order valence-corrected chi connectivity index (χ0v) is 7.16. The average molecular weight is 182 g/mol. The van der Waals surface area contributed by atoms with Crippen LogP contribution in [-0.4, -0.2) is 10.2 Å². The van der Waals surface area contributed by atoms with Crippen LogP contribution in [0.1, 0.15) is 17.9 Å². The van der Waals surface area contributed by atoms with Gasteiger partial charge in [-0.15, -0.1) is 0 Å². The summed E-state index contributed by atoms with van der Waals surface area (Å²) in [7, 11) is 0. The molecule has 1 aliphatic rings. The number of aromatic nitrogens is 1. The number of carbonyl (C=O) groups is 1. The van der Waals surface area contributed by atoms with Crippen LogP contribution in [0.15, 0.2) is 24.5 Å². The normalized spacial score (nSPS) is 26.8. The van der Waals surface area contributed by atoms with Crippen LogP contribution in [0.2, 0.25) is 0 Å². The van der Waals surface area contributed by atoms with E-state index in [1.165, 1.54) is 5.56 Å². The number of rotatable bonds is 2. The van der Waals surface area contributed by atoms with Crippen molar-refractivity contribution < 1.29 is 4.79 Å². The zero-order chi connectivity index (χ0) is 8.55. The molecule has 0 N–H and O–H groups in total. The van der Waals surface area contributed by atoms with Crippen molar-refractivity contribution >= 4 is 16.8 Å². The Hall–Kier alpha value is -0.890. The Labute approximate surface area is 75.6 Å². The Morgan fingerprint density at radius 1 is 1.50 bits per heavy atom. The molecule has 1 fully saturated rings. The molecule has 0 aromatic carbocycles. The predicted molar refractivity (Wildman–Crippen MR) is 45.9 cm³/mol. The Morgan fingerprint density at radius 2 is 2.17 bits per heavy atom. The minimum atomic E-state index is -0.211. The van der Waals surface area contributed by atoms with Gasteiger partial charge in [0.05, 0.1) is 0 Å². The van der Waals surface area contributed by atoms with Crippen molar-refractivity contribution in [1.82, 2.24) is 4.98 Å². The van der Waals surface area contributed by atoms with Crippen LogP contribution in [-0.2, 0) is 4.79 Å². The molecule has 1 aromatic heterocycles. The molecule has 2 atom stereocenters. The molecule has 12 heavy (non-hydrogen) atoms. The van der Waals surface area contributed by atoms with Gasteiger partial charge in [-0.1, -0.05) is 0 Å². The molecule has 2 rings (SSSR count). The summed E-state index contributed by atoms with van der Waals surface area (Å²) in [5.74, 6) is 0.395. The number of hydrogen-bond donors (Lipinski definition) is 0. The SMILES string of the molecule is O=C(Cl)C1CC1c1ccncc1. The highest BCUT2D eigenvalue weighted by Gasteiger charge is 2.42. The van der Waals surface area contributed by atoms with Gasteiger partial charge in [0, 0.05) is 18.3 Å². The van der Waals surface area contributed by atoms with Gasteiger partial charge in [-0.25, -0.2) is 0 Å². The second-order valence-electron chi connectivity index (χ2n) is 3.03. The molecule has 0 bridgehead atoms. The van der Waals surface area contributed by atoms with Crippen molar-refractivity contribution in [1.29, 1.82) is 0 Å².